The molecule has 5 nitrogen and oxygen atoms in total. The van der Waals surface area contributed by atoms with Crippen molar-refractivity contribution in [3.8, 4) is 6.07 Å². The summed E-state index contributed by atoms with van der Waals surface area (Å²) in [6.07, 6.45) is 0. The van der Waals surface area contributed by atoms with Gasteiger partial charge >= 0.3 is 0 Å². The molecule has 0 saturated heterocycles. The van der Waals surface area contributed by atoms with Gasteiger partial charge in [-0.25, -0.2) is 0 Å². The van der Waals surface area contributed by atoms with E-state index in [-0.39, 0.29) is 0 Å². The molecule has 0 fully saturated rings. The highest BCUT2D eigenvalue weighted by molar-refractivity contribution is 5.86. The number of nitrogen functional groups attached to an aromatic ring is 1. The van der Waals surface area contributed by atoms with E-state index < -0.39 is 0 Å². The lowest BCUT2D eigenvalue weighted by molar-refractivity contribution is 0.582. The van der Waals surface area contributed by atoms with Gasteiger partial charge < -0.3 is 15.1 Å². The maximum absolute atomic E-state index is 8.93. The number of nitriles is 1. The van der Waals surface area contributed by atoms with Crippen molar-refractivity contribution >= 4 is 22.8 Å². The van der Waals surface area contributed by atoms with Crippen LogP contribution < -0.4 is 10.6 Å². The van der Waals surface area contributed by atoms with Gasteiger partial charge in [0.2, 0.25) is 0 Å². The van der Waals surface area contributed by atoms with Crippen molar-refractivity contribution in [3.05, 3.63) is 53.6 Å². The molecule has 2 aromatic carbocycles. The van der Waals surface area contributed by atoms with Gasteiger partial charge in [-0.05, 0) is 29.8 Å². The molecule has 104 valence electrons. The Balaban J connectivity index is 1.88. The van der Waals surface area contributed by atoms with Crippen molar-refractivity contribution in [3.63, 3.8) is 0 Å². The van der Waals surface area contributed by atoms with Crippen molar-refractivity contribution in [1.82, 2.24) is 4.98 Å². The van der Waals surface area contributed by atoms with Crippen molar-refractivity contribution in [1.29, 1.82) is 5.26 Å². The molecule has 0 aliphatic heterocycles. The number of nitrogens with zero attached hydrogens (tertiary/aromatic N) is 3. The maximum Gasteiger partial charge on any atom is 0.298 e. The van der Waals surface area contributed by atoms with Crippen LogP contribution in [0.2, 0.25) is 0 Å². The zero-order chi connectivity index (χ0) is 14.8. The molecule has 21 heavy (non-hydrogen) atoms. The highest BCUT2D eigenvalue weighted by Gasteiger charge is 2.12. The van der Waals surface area contributed by atoms with Crippen molar-refractivity contribution in [2.45, 2.75) is 6.54 Å². The maximum atomic E-state index is 8.93. The first-order chi connectivity index (χ1) is 10.2. The van der Waals surface area contributed by atoms with Crippen molar-refractivity contribution in [2.24, 2.45) is 0 Å². The van der Waals surface area contributed by atoms with Gasteiger partial charge in [-0.1, -0.05) is 18.2 Å². The third-order valence-electron chi connectivity index (χ3n) is 3.24. The summed E-state index contributed by atoms with van der Waals surface area (Å²) >= 11 is 0. The minimum atomic E-state index is 0.505. The Kier molecular flexibility index (Phi) is 3.20. The summed E-state index contributed by atoms with van der Waals surface area (Å²) in [5.41, 5.74) is 9.48. The molecule has 3 aromatic rings. The third kappa shape index (κ3) is 2.51. The molecule has 0 amide bonds. The topological polar surface area (TPSA) is 79.1 Å². The van der Waals surface area contributed by atoms with Crippen LogP contribution in [-0.4, -0.2) is 12.0 Å². The van der Waals surface area contributed by atoms with E-state index >= 15 is 0 Å². The average molecular weight is 278 g/mol. The number of hydrogen-bond donors (Lipinski definition) is 1. The fraction of sp³-hybridized carbons (Fsp3) is 0.125. The summed E-state index contributed by atoms with van der Waals surface area (Å²) in [6, 6.07) is 15.6. The first-order valence-electron chi connectivity index (χ1n) is 6.52. The largest absolute Gasteiger partial charge is 0.423 e. The van der Waals surface area contributed by atoms with Crippen molar-refractivity contribution in [2.75, 3.05) is 17.7 Å². The predicted molar refractivity (Wildman–Crippen MR) is 81.7 cm³/mol. The number of oxazole rings is 1. The molecule has 5 heteroatoms. The Hall–Kier alpha value is -3.00. The van der Waals surface area contributed by atoms with Gasteiger partial charge in [0.1, 0.15) is 5.52 Å². The lowest BCUT2D eigenvalue weighted by Crippen LogP contribution is -2.16. The Morgan fingerprint density at radius 2 is 2.10 bits per heavy atom. The number of benzene rings is 2. The lowest BCUT2D eigenvalue weighted by Gasteiger charge is -2.14. The molecular weight excluding hydrogens is 264 g/mol. The van der Waals surface area contributed by atoms with Crippen LogP contribution in [0.3, 0.4) is 0 Å². The summed E-state index contributed by atoms with van der Waals surface area (Å²) in [7, 11) is 1.89. The van der Waals surface area contributed by atoms with Gasteiger partial charge in [0.15, 0.2) is 5.58 Å². The molecule has 3 rings (SSSR count). The second-order valence-corrected chi connectivity index (χ2v) is 4.86. The minimum Gasteiger partial charge on any atom is -0.423 e. The third-order valence-corrected chi connectivity index (χ3v) is 3.24. The highest BCUT2D eigenvalue weighted by atomic mass is 16.4. The molecule has 0 saturated carbocycles. The Bertz CT molecular complexity index is 832. The standard InChI is InChI=1S/C16H14N4O/c1-20(10-12-5-2-4-11(8-12)9-17)16-19-15-13(18)6-3-7-14(15)21-16/h2-8H,10,18H2,1H3. The second kappa shape index (κ2) is 5.17. The molecule has 0 radical (unpaired) electrons. The van der Waals surface area contributed by atoms with E-state index in [4.69, 9.17) is 15.4 Å². The summed E-state index contributed by atoms with van der Waals surface area (Å²) in [5.74, 6) is 0. The molecule has 2 N–H and O–H groups in total. The van der Waals surface area contributed by atoms with Gasteiger partial charge in [0.25, 0.3) is 6.01 Å². The van der Waals surface area contributed by atoms with E-state index in [1.165, 1.54) is 0 Å². The fourth-order valence-electron chi connectivity index (χ4n) is 2.20. The molecule has 0 atom stereocenters. The first-order valence-corrected chi connectivity index (χ1v) is 6.52. The Morgan fingerprint density at radius 3 is 2.86 bits per heavy atom. The second-order valence-electron chi connectivity index (χ2n) is 4.86. The molecule has 1 aromatic heterocycles. The van der Waals surface area contributed by atoms with E-state index in [1.807, 2.05) is 42.3 Å². The molecule has 0 aliphatic carbocycles. The SMILES string of the molecule is CN(Cc1cccc(C#N)c1)c1nc2c(N)cccc2o1. The highest BCUT2D eigenvalue weighted by Crippen LogP contribution is 2.26. The van der Waals surface area contributed by atoms with Crippen LogP contribution in [0.15, 0.2) is 46.9 Å². The lowest BCUT2D eigenvalue weighted by atomic mass is 10.1. The zero-order valence-electron chi connectivity index (χ0n) is 11.6. The summed E-state index contributed by atoms with van der Waals surface area (Å²) in [6.45, 7) is 0.599. The van der Waals surface area contributed by atoms with Crippen LogP contribution in [0.1, 0.15) is 11.1 Å². The van der Waals surface area contributed by atoms with E-state index in [0.717, 1.165) is 5.56 Å². The average Bonchev–Trinajstić information content (AvgIpc) is 2.93. The quantitative estimate of drug-likeness (QED) is 0.745. The molecule has 1 heterocycles. The van der Waals surface area contributed by atoms with Crippen LogP contribution >= 0.6 is 0 Å². The Morgan fingerprint density at radius 1 is 1.29 bits per heavy atom. The Labute approximate surface area is 122 Å². The van der Waals surface area contributed by atoms with Crippen LogP contribution in [0.25, 0.3) is 11.1 Å². The van der Waals surface area contributed by atoms with Gasteiger partial charge in [0, 0.05) is 13.6 Å². The van der Waals surface area contributed by atoms with E-state index in [9.17, 15) is 0 Å². The van der Waals surface area contributed by atoms with Crippen LogP contribution in [0, 0.1) is 11.3 Å². The number of rotatable bonds is 3. The summed E-state index contributed by atoms with van der Waals surface area (Å²) < 4.78 is 5.71. The van der Waals surface area contributed by atoms with Crippen molar-refractivity contribution < 1.29 is 4.42 Å². The molecule has 0 aliphatic rings. The van der Waals surface area contributed by atoms with E-state index in [0.29, 0.717) is 34.9 Å². The number of fused-ring (bicyclic) bond motifs is 1. The first kappa shape index (κ1) is 13.0. The summed E-state index contributed by atoms with van der Waals surface area (Å²) in [4.78, 5) is 6.31. The zero-order valence-corrected chi connectivity index (χ0v) is 11.6. The van der Waals surface area contributed by atoms with Gasteiger partial charge in [0.05, 0.1) is 17.3 Å². The number of hydrogen-bond acceptors (Lipinski definition) is 5. The summed E-state index contributed by atoms with van der Waals surface area (Å²) in [5, 5.41) is 8.93. The molecule has 0 spiro atoms. The number of aromatic nitrogens is 1. The van der Waals surface area contributed by atoms with Crippen LogP contribution in [-0.2, 0) is 6.54 Å². The fourth-order valence-corrected chi connectivity index (χ4v) is 2.20. The predicted octanol–water partition coefficient (Wildman–Crippen LogP) is 2.92. The normalized spacial score (nSPS) is 10.5. The number of anilines is 2. The van der Waals surface area contributed by atoms with Crippen LogP contribution in [0.4, 0.5) is 11.7 Å². The van der Waals surface area contributed by atoms with Crippen LogP contribution in [0.5, 0.6) is 0 Å². The number of para-hydroxylation sites is 1. The van der Waals surface area contributed by atoms with Gasteiger partial charge in [-0.15, -0.1) is 0 Å². The minimum absolute atomic E-state index is 0.505. The molecular formula is C16H14N4O. The smallest absolute Gasteiger partial charge is 0.298 e. The van der Waals surface area contributed by atoms with E-state index in [2.05, 4.69) is 11.1 Å². The number of nitrogens with two attached hydrogens (primary N) is 1. The molecule has 0 unspecified atom stereocenters. The van der Waals surface area contributed by atoms with E-state index in [1.54, 1.807) is 12.1 Å². The monoisotopic (exact) mass is 278 g/mol. The molecule has 0 bridgehead atoms. The van der Waals surface area contributed by atoms with Gasteiger partial charge in [-0.2, -0.15) is 10.2 Å². The van der Waals surface area contributed by atoms with Gasteiger partial charge in [-0.3, -0.25) is 0 Å².